The summed E-state index contributed by atoms with van der Waals surface area (Å²) in [4.78, 5) is 4.19. The van der Waals surface area contributed by atoms with E-state index in [1.165, 1.54) is 0 Å². The summed E-state index contributed by atoms with van der Waals surface area (Å²) in [7, 11) is 0. The van der Waals surface area contributed by atoms with Crippen LogP contribution in [0.25, 0.3) is 0 Å². The lowest BCUT2D eigenvalue weighted by Gasteiger charge is -2.14. The number of aromatic nitrogens is 1. The number of hydrogen-bond acceptors (Lipinski definition) is 4. The summed E-state index contributed by atoms with van der Waals surface area (Å²) >= 11 is 1.59. The average Bonchev–Trinajstić information content (AvgIpc) is 2.89. The van der Waals surface area contributed by atoms with Gasteiger partial charge in [-0.3, -0.25) is 0 Å². The van der Waals surface area contributed by atoms with Crippen LogP contribution in [0.3, 0.4) is 0 Å². The molecular weight excluding hydrogens is 232 g/mol. The zero-order valence-corrected chi connectivity index (χ0v) is 10.6. The molecule has 2 aromatic rings. The van der Waals surface area contributed by atoms with E-state index < -0.39 is 0 Å². The quantitative estimate of drug-likeness (QED) is 0.884. The van der Waals surface area contributed by atoms with Crippen molar-refractivity contribution in [3.8, 4) is 5.75 Å². The number of rotatable bonds is 5. The first-order valence-corrected chi connectivity index (χ1v) is 6.55. The van der Waals surface area contributed by atoms with Crippen LogP contribution in [0, 0.1) is 0 Å². The highest BCUT2D eigenvalue weighted by Gasteiger charge is 2.10. The van der Waals surface area contributed by atoms with Gasteiger partial charge in [-0.2, -0.15) is 0 Å². The molecule has 4 heteroatoms. The van der Waals surface area contributed by atoms with Gasteiger partial charge in [0.1, 0.15) is 17.4 Å². The number of thiazole rings is 1. The van der Waals surface area contributed by atoms with Crippen LogP contribution in [0.5, 0.6) is 5.75 Å². The normalized spacial score (nSPS) is 12.4. The predicted octanol–water partition coefficient (Wildman–Crippen LogP) is 3.13. The lowest BCUT2D eigenvalue weighted by Crippen LogP contribution is -2.10. The molecule has 2 N–H and O–H groups in total. The Morgan fingerprint density at radius 2 is 2.24 bits per heavy atom. The summed E-state index contributed by atoms with van der Waals surface area (Å²) < 4.78 is 5.77. The van der Waals surface area contributed by atoms with Crippen molar-refractivity contribution in [1.29, 1.82) is 0 Å². The summed E-state index contributed by atoms with van der Waals surface area (Å²) in [6.45, 7) is 2.58. The van der Waals surface area contributed by atoms with Gasteiger partial charge in [0.15, 0.2) is 0 Å². The fourth-order valence-corrected chi connectivity index (χ4v) is 2.13. The number of ether oxygens (including phenoxy) is 1. The van der Waals surface area contributed by atoms with Crippen LogP contribution < -0.4 is 10.5 Å². The number of nitrogens with two attached hydrogens (primary N) is 1. The predicted molar refractivity (Wildman–Crippen MR) is 70.1 cm³/mol. The third kappa shape index (κ3) is 3.05. The van der Waals surface area contributed by atoms with Gasteiger partial charge in [-0.05, 0) is 12.5 Å². The van der Waals surface area contributed by atoms with E-state index in [-0.39, 0.29) is 6.04 Å². The molecule has 0 aliphatic heterocycles. The van der Waals surface area contributed by atoms with Gasteiger partial charge in [0, 0.05) is 23.2 Å². The van der Waals surface area contributed by atoms with Crippen molar-refractivity contribution in [3.05, 3.63) is 46.4 Å². The number of para-hydroxylation sites is 1. The third-order valence-electron chi connectivity index (χ3n) is 2.59. The maximum atomic E-state index is 6.05. The first-order valence-electron chi connectivity index (χ1n) is 5.67. The summed E-state index contributed by atoms with van der Waals surface area (Å²) in [6.07, 6.45) is 2.69. The van der Waals surface area contributed by atoms with Crippen molar-refractivity contribution in [2.24, 2.45) is 5.73 Å². The Kier molecular flexibility index (Phi) is 4.12. The van der Waals surface area contributed by atoms with Crippen molar-refractivity contribution < 1.29 is 4.74 Å². The molecule has 90 valence electrons. The summed E-state index contributed by atoms with van der Waals surface area (Å²) in [5, 5.41) is 2.92. The van der Waals surface area contributed by atoms with Gasteiger partial charge in [-0.1, -0.05) is 25.1 Å². The number of nitrogens with zero attached hydrogens (tertiary/aromatic N) is 1. The SMILES string of the molecule is CC[C@H](N)c1ccccc1OCc1nccs1. The van der Waals surface area contributed by atoms with E-state index in [0.29, 0.717) is 6.61 Å². The number of hydrogen-bond donors (Lipinski definition) is 1. The molecular formula is C13H16N2OS. The Bertz CT molecular complexity index is 456. The minimum Gasteiger partial charge on any atom is -0.486 e. The lowest BCUT2D eigenvalue weighted by molar-refractivity contribution is 0.300. The van der Waals surface area contributed by atoms with E-state index in [4.69, 9.17) is 10.5 Å². The van der Waals surface area contributed by atoms with Gasteiger partial charge in [0.25, 0.3) is 0 Å². The second-order valence-electron chi connectivity index (χ2n) is 3.77. The largest absolute Gasteiger partial charge is 0.486 e. The van der Waals surface area contributed by atoms with E-state index >= 15 is 0 Å². The number of benzene rings is 1. The maximum absolute atomic E-state index is 6.05. The second kappa shape index (κ2) is 5.80. The zero-order valence-electron chi connectivity index (χ0n) is 9.80. The average molecular weight is 248 g/mol. The fraction of sp³-hybridized carbons (Fsp3) is 0.308. The molecule has 0 fully saturated rings. The molecule has 2 rings (SSSR count). The van der Waals surface area contributed by atoms with E-state index in [0.717, 1.165) is 22.7 Å². The molecule has 17 heavy (non-hydrogen) atoms. The van der Waals surface area contributed by atoms with Crippen molar-refractivity contribution >= 4 is 11.3 Å². The molecule has 0 spiro atoms. The Morgan fingerprint density at radius 1 is 1.41 bits per heavy atom. The van der Waals surface area contributed by atoms with Crippen molar-refractivity contribution in [1.82, 2.24) is 4.98 Å². The molecule has 0 aliphatic rings. The zero-order chi connectivity index (χ0) is 12.1. The highest BCUT2D eigenvalue weighted by molar-refractivity contribution is 7.09. The van der Waals surface area contributed by atoms with Gasteiger partial charge >= 0.3 is 0 Å². The molecule has 0 saturated heterocycles. The third-order valence-corrected chi connectivity index (χ3v) is 3.35. The molecule has 1 aromatic carbocycles. The topological polar surface area (TPSA) is 48.1 Å². The van der Waals surface area contributed by atoms with Crippen molar-refractivity contribution in [2.45, 2.75) is 26.0 Å². The Labute approximate surface area is 105 Å². The van der Waals surface area contributed by atoms with Crippen molar-refractivity contribution in [2.75, 3.05) is 0 Å². The molecule has 1 atom stereocenters. The fourth-order valence-electron chi connectivity index (χ4n) is 1.60. The Balaban J connectivity index is 2.09. The monoisotopic (exact) mass is 248 g/mol. The van der Waals surface area contributed by atoms with Crippen LogP contribution in [0.15, 0.2) is 35.8 Å². The van der Waals surface area contributed by atoms with E-state index in [9.17, 15) is 0 Å². The molecule has 0 saturated carbocycles. The highest BCUT2D eigenvalue weighted by Crippen LogP contribution is 2.26. The summed E-state index contributed by atoms with van der Waals surface area (Å²) in [5.74, 6) is 0.858. The minimum atomic E-state index is 0.0301. The molecule has 0 unspecified atom stereocenters. The van der Waals surface area contributed by atoms with E-state index in [2.05, 4.69) is 11.9 Å². The lowest BCUT2D eigenvalue weighted by atomic mass is 10.0. The van der Waals surface area contributed by atoms with Crippen LogP contribution >= 0.6 is 11.3 Å². The molecule has 0 radical (unpaired) electrons. The molecule has 1 aromatic heterocycles. The Morgan fingerprint density at radius 3 is 2.94 bits per heavy atom. The molecule has 0 bridgehead atoms. The second-order valence-corrected chi connectivity index (χ2v) is 4.75. The van der Waals surface area contributed by atoms with Crippen LogP contribution in [0.4, 0.5) is 0 Å². The van der Waals surface area contributed by atoms with Gasteiger partial charge in [-0.15, -0.1) is 11.3 Å². The maximum Gasteiger partial charge on any atom is 0.140 e. The smallest absolute Gasteiger partial charge is 0.140 e. The van der Waals surface area contributed by atoms with Gasteiger partial charge in [-0.25, -0.2) is 4.98 Å². The Hall–Kier alpha value is -1.39. The van der Waals surface area contributed by atoms with Crippen LogP contribution in [-0.2, 0) is 6.61 Å². The van der Waals surface area contributed by atoms with E-state index in [1.54, 1.807) is 17.5 Å². The highest BCUT2D eigenvalue weighted by atomic mass is 32.1. The summed E-state index contributed by atoms with van der Waals surface area (Å²) in [6, 6.07) is 7.95. The molecule has 3 nitrogen and oxygen atoms in total. The van der Waals surface area contributed by atoms with Gasteiger partial charge in [0.2, 0.25) is 0 Å². The first-order chi connectivity index (χ1) is 8.31. The van der Waals surface area contributed by atoms with Crippen LogP contribution in [-0.4, -0.2) is 4.98 Å². The molecule has 0 amide bonds. The summed E-state index contributed by atoms with van der Waals surface area (Å²) in [5.41, 5.74) is 7.11. The standard InChI is InChI=1S/C13H16N2OS/c1-2-11(14)10-5-3-4-6-12(10)16-9-13-15-7-8-17-13/h3-8,11H,2,9,14H2,1H3/t11-/m0/s1. The van der Waals surface area contributed by atoms with Crippen LogP contribution in [0.2, 0.25) is 0 Å². The van der Waals surface area contributed by atoms with Crippen LogP contribution in [0.1, 0.15) is 30.0 Å². The first kappa shape index (κ1) is 12.1. The molecule has 0 aliphatic carbocycles. The van der Waals surface area contributed by atoms with Gasteiger partial charge in [0.05, 0.1) is 0 Å². The van der Waals surface area contributed by atoms with E-state index in [1.807, 2.05) is 29.6 Å². The van der Waals surface area contributed by atoms with Crippen molar-refractivity contribution in [3.63, 3.8) is 0 Å². The van der Waals surface area contributed by atoms with Gasteiger partial charge < -0.3 is 10.5 Å². The minimum absolute atomic E-state index is 0.0301. The molecule has 1 heterocycles.